The van der Waals surface area contributed by atoms with Crippen LogP contribution in [0.15, 0.2) is 28.9 Å². The Morgan fingerprint density at radius 3 is 2.70 bits per heavy atom. The van der Waals surface area contributed by atoms with E-state index < -0.39 is 0 Å². The van der Waals surface area contributed by atoms with E-state index >= 15 is 0 Å². The molecule has 4 heteroatoms. The smallest absolute Gasteiger partial charge is 0.178 e. The minimum atomic E-state index is 0.122. The van der Waals surface area contributed by atoms with E-state index in [2.05, 4.69) is 23.7 Å². The Kier molecular flexibility index (Phi) is 4.45. The molecule has 0 spiro atoms. The predicted octanol–water partition coefficient (Wildman–Crippen LogP) is 3.25. The van der Waals surface area contributed by atoms with Crippen LogP contribution in [0.2, 0.25) is 0 Å². The van der Waals surface area contributed by atoms with Crippen LogP contribution in [0.4, 0.5) is 0 Å². The van der Waals surface area contributed by atoms with Gasteiger partial charge < -0.3 is 14.3 Å². The van der Waals surface area contributed by atoms with Gasteiger partial charge in [0.2, 0.25) is 0 Å². The van der Waals surface area contributed by atoms with Crippen molar-refractivity contribution in [2.75, 3.05) is 6.54 Å². The monoisotopic (exact) mass is 274 g/mol. The first-order valence-corrected chi connectivity index (χ1v) is 6.95. The van der Waals surface area contributed by atoms with E-state index in [-0.39, 0.29) is 5.78 Å². The van der Waals surface area contributed by atoms with Gasteiger partial charge in [-0.1, -0.05) is 0 Å². The fourth-order valence-corrected chi connectivity index (χ4v) is 2.66. The Morgan fingerprint density at radius 2 is 2.15 bits per heavy atom. The predicted molar refractivity (Wildman–Crippen MR) is 79.0 cm³/mol. The summed E-state index contributed by atoms with van der Waals surface area (Å²) in [6, 6.07) is 6.08. The van der Waals surface area contributed by atoms with Crippen LogP contribution < -0.4 is 5.32 Å². The number of hydrogen-bond donors (Lipinski definition) is 1. The number of carbonyl (C=O) groups excluding carboxylic acids is 1. The number of hydrogen-bond acceptors (Lipinski definition) is 3. The standard InChI is InChI=1S/C16H22N2O2/c1-11(2)18-12(3)8-15(13(18)4)16(19)10-17-9-14-6-5-7-20-14/h5-8,11,17H,9-10H2,1-4H3. The van der Waals surface area contributed by atoms with Crippen molar-refractivity contribution in [2.24, 2.45) is 0 Å². The van der Waals surface area contributed by atoms with Crippen molar-refractivity contribution in [2.45, 2.75) is 40.3 Å². The second-order valence-electron chi connectivity index (χ2n) is 5.35. The number of aromatic nitrogens is 1. The molecule has 0 aliphatic carbocycles. The SMILES string of the molecule is Cc1cc(C(=O)CNCc2ccco2)c(C)n1C(C)C. The molecule has 0 aliphatic rings. The lowest BCUT2D eigenvalue weighted by Crippen LogP contribution is -2.22. The summed E-state index contributed by atoms with van der Waals surface area (Å²) in [5.74, 6) is 0.960. The van der Waals surface area contributed by atoms with Crippen LogP contribution >= 0.6 is 0 Å². The molecule has 20 heavy (non-hydrogen) atoms. The van der Waals surface area contributed by atoms with Gasteiger partial charge in [-0.15, -0.1) is 0 Å². The molecule has 0 fully saturated rings. The molecule has 4 nitrogen and oxygen atoms in total. The molecular weight excluding hydrogens is 252 g/mol. The maximum atomic E-state index is 12.3. The number of nitrogens with zero attached hydrogens (tertiary/aromatic N) is 1. The highest BCUT2D eigenvalue weighted by Gasteiger charge is 2.16. The van der Waals surface area contributed by atoms with Crippen LogP contribution in [0.1, 0.15) is 47.4 Å². The second kappa shape index (κ2) is 6.09. The van der Waals surface area contributed by atoms with Gasteiger partial charge in [-0.25, -0.2) is 0 Å². The van der Waals surface area contributed by atoms with Gasteiger partial charge in [-0.3, -0.25) is 4.79 Å². The van der Waals surface area contributed by atoms with Crippen LogP contribution in [-0.4, -0.2) is 16.9 Å². The van der Waals surface area contributed by atoms with Crippen LogP contribution in [0.3, 0.4) is 0 Å². The minimum absolute atomic E-state index is 0.122. The van der Waals surface area contributed by atoms with Gasteiger partial charge in [0.05, 0.1) is 19.4 Å². The van der Waals surface area contributed by atoms with Crippen LogP contribution in [0.25, 0.3) is 0 Å². The highest BCUT2D eigenvalue weighted by Crippen LogP contribution is 2.20. The van der Waals surface area contributed by atoms with Crippen molar-refractivity contribution >= 4 is 5.78 Å². The Hall–Kier alpha value is -1.81. The van der Waals surface area contributed by atoms with Crippen molar-refractivity contribution < 1.29 is 9.21 Å². The molecule has 0 aromatic carbocycles. The third-order valence-electron chi connectivity index (χ3n) is 3.47. The van der Waals surface area contributed by atoms with Gasteiger partial charge in [0.25, 0.3) is 0 Å². The van der Waals surface area contributed by atoms with E-state index in [0.717, 1.165) is 22.7 Å². The summed E-state index contributed by atoms with van der Waals surface area (Å²) in [5.41, 5.74) is 2.98. The second-order valence-corrected chi connectivity index (χ2v) is 5.35. The summed E-state index contributed by atoms with van der Waals surface area (Å²) < 4.78 is 7.42. The quantitative estimate of drug-likeness (QED) is 0.822. The van der Waals surface area contributed by atoms with Gasteiger partial charge in [0.1, 0.15) is 5.76 Å². The molecule has 108 valence electrons. The number of nitrogens with one attached hydrogen (secondary N) is 1. The van der Waals surface area contributed by atoms with E-state index in [4.69, 9.17) is 4.42 Å². The number of Topliss-reactive ketones (excluding diaryl/α,β-unsaturated/α-hetero) is 1. The van der Waals surface area contributed by atoms with E-state index in [1.54, 1.807) is 6.26 Å². The Balaban J connectivity index is 2.01. The fraction of sp³-hybridized carbons (Fsp3) is 0.438. The first kappa shape index (κ1) is 14.6. The molecule has 2 rings (SSSR count). The van der Waals surface area contributed by atoms with E-state index in [9.17, 15) is 4.79 Å². The summed E-state index contributed by atoms with van der Waals surface area (Å²) in [5, 5.41) is 3.12. The Morgan fingerprint density at radius 1 is 1.40 bits per heavy atom. The first-order valence-electron chi connectivity index (χ1n) is 6.95. The first-order chi connectivity index (χ1) is 9.50. The summed E-state index contributed by atoms with van der Waals surface area (Å²) >= 11 is 0. The third kappa shape index (κ3) is 3.02. The molecule has 2 aromatic rings. The lowest BCUT2D eigenvalue weighted by atomic mass is 10.1. The molecule has 0 bridgehead atoms. The molecule has 0 unspecified atom stereocenters. The maximum Gasteiger partial charge on any atom is 0.178 e. The summed E-state index contributed by atoms with van der Waals surface area (Å²) in [6.07, 6.45) is 1.63. The lowest BCUT2D eigenvalue weighted by Gasteiger charge is -2.13. The molecule has 2 heterocycles. The molecule has 0 radical (unpaired) electrons. The number of ketones is 1. The lowest BCUT2D eigenvalue weighted by molar-refractivity contribution is 0.0989. The zero-order valence-corrected chi connectivity index (χ0v) is 12.6. The minimum Gasteiger partial charge on any atom is -0.468 e. The topological polar surface area (TPSA) is 47.2 Å². The molecule has 0 saturated carbocycles. The van der Waals surface area contributed by atoms with Gasteiger partial charge in [-0.05, 0) is 45.9 Å². The summed E-state index contributed by atoms with van der Waals surface area (Å²) in [4.78, 5) is 12.3. The largest absolute Gasteiger partial charge is 0.468 e. The van der Waals surface area contributed by atoms with Gasteiger partial charge in [0, 0.05) is 23.0 Å². The summed E-state index contributed by atoms with van der Waals surface area (Å²) in [6.45, 7) is 9.20. The molecular formula is C16H22N2O2. The highest BCUT2D eigenvalue weighted by atomic mass is 16.3. The van der Waals surface area contributed by atoms with Crippen molar-refractivity contribution in [3.05, 3.63) is 47.2 Å². The number of furan rings is 1. The average molecular weight is 274 g/mol. The molecule has 0 amide bonds. The van der Waals surface area contributed by atoms with E-state index in [1.165, 1.54) is 0 Å². The van der Waals surface area contributed by atoms with Crippen molar-refractivity contribution in [1.82, 2.24) is 9.88 Å². The van der Waals surface area contributed by atoms with Crippen LogP contribution in [0.5, 0.6) is 0 Å². The molecule has 2 aromatic heterocycles. The van der Waals surface area contributed by atoms with Gasteiger partial charge in [0.15, 0.2) is 5.78 Å². The highest BCUT2D eigenvalue weighted by molar-refractivity contribution is 5.99. The molecule has 1 N–H and O–H groups in total. The fourth-order valence-electron chi connectivity index (χ4n) is 2.66. The van der Waals surface area contributed by atoms with Gasteiger partial charge in [-0.2, -0.15) is 0 Å². The number of rotatable bonds is 6. The number of carbonyl (C=O) groups is 1. The maximum absolute atomic E-state index is 12.3. The van der Waals surface area contributed by atoms with Crippen molar-refractivity contribution in [1.29, 1.82) is 0 Å². The van der Waals surface area contributed by atoms with Gasteiger partial charge >= 0.3 is 0 Å². The Bertz CT molecular complexity index is 580. The zero-order valence-electron chi connectivity index (χ0n) is 12.6. The average Bonchev–Trinajstić information content (AvgIpc) is 2.97. The third-order valence-corrected chi connectivity index (χ3v) is 3.47. The number of aryl methyl sites for hydroxylation is 1. The Labute approximate surface area is 119 Å². The zero-order chi connectivity index (χ0) is 14.7. The van der Waals surface area contributed by atoms with Crippen LogP contribution in [-0.2, 0) is 6.54 Å². The molecule has 0 aliphatic heterocycles. The molecule has 0 saturated heterocycles. The summed E-state index contributed by atoms with van der Waals surface area (Å²) in [7, 11) is 0. The molecule has 0 atom stereocenters. The van der Waals surface area contributed by atoms with Crippen LogP contribution in [0, 0.1) is 13.8 Å². The van der Waals surface area contributed by atoms with E-state index in [1.807, 2.05) is 32.0 Å². The normalized spacial score (nSPS) is 11.2. The van der Waals surface area contributed by atoms with Crippen molar-refractivity contribution in [3.8, 4) is 0 Å². The van der Waals surface area contributed by atoms with Crippen molar-refractivity contribution in [3.63, 3.8) is 0 Å². The van der Waals surface area contributed by atoms with E-state index in [0.29, 0.717) is 19.1 Å².